The quantitative estimate of drug-likeness (QED) is 0.347. The molecular formula is C22H21BrClNO5. The zero-order chi connectivity index (χ0) is 21.8. The SMILES string of the molecule is CCOc1ccc(C(O)=C2C(=O)C(=O)N(CCOC)C2c2ccc(Br)cc2)cc1Cl. The van der Waals surface area contributed by atoms with Crippen molar-refractivity contribution in [2.75, 3.05) is 26.9 Å². The molecule has 1 fully saturated rings. The van der Waals surface area contributed by atoms with Crippen LogP contribution in [0.15, 0.2) is 52.5 Å². The van der Waals surface area contributed by atoms with Crippen LogP contribution in [0.25, 0.3) is 5.76 Å². The predicted molar refractivity (Wildman–Crippen MR) is 118 cm³/mol. The van der Waals surface area contributed by atoms with Gasteiger partial charge in [-0.05, 0) is 42.8 Å². The molecule has 2 aromatic carbocycles. The van der Waals surface area contributed by atoms with Gasteiger partial charge >= 0.3 is 0 Å². The molecule has 6 nitrogen and oxygen atoms in total. The molecule has 1 unspecified atom stereocenters. The first kappa shape index (κ1) is 22.3. The number of aliphatic hydroxyl groups is 1. The van der Waals surface area contributed by atoms with E-state index in [9.17, 15) is 14.7 Å². The van der Waals surface area contributed by atoms with Crippen LogP contribution in [0.5, 0.6) is 5.75 Å². The predicted octanol–water partition coefficient (Wildman–Crippen LogP) is 4.57. The van der Waals surface area contributed by atoms with Gasteiger partial charge in [-0.25, -0.2) is 0 Å². The summed E-state index contributed by atoms with van der Waals surface area (Å²) in [4.78, 5) is 27.0. The third kappa shape index (κ3) is 4.38. The number of benzene rings is 2. The fraction of sp³-hybridized carbons (Fsp3) is 0.273. The summed E-state index contributed by atoms with van der Waals surface area (Å²) in [6, 6.07) is 11.3. The summed E-state index contributed by atoms with van der Waals surface area (Å²) in [7, 11) is 1.52. The number of carbonyl (C=O) groups excluding carboxylic acids is 2. The molecule has 2 aromatic rings. The number of nitrogens with zero attached hydrogens (tertiary/aromatic N) is 1. The van der Waals surface area contributed by atoms with E-state index in [0.29, 0.717) is 28.5 Å². The number of Topliss-reactive ketones (excluding diaryl/α,β-unsaturated/α-hetero) is 1. The zero-order valence-corrected chi connectivity index (χ0v) is 18.9. The molecule has 1 aliphatic heterocycles. The number of ether oxygens (including phenoxy) is 2. The molecule has 1 amide bonds. The van der Waals surface area contributed by atoms with Gasteiger partial charge in [0.1, 0.15) is 11.5 Å². The van der Waals surface area contributed by atoms with Crippen molar-refractivity contribution in [2.24, 2.45) is 0 Å². The van der Waals surface area contributed by atoms with Crippen LogP contribution in [-0.2, 0) is 14.3 Å². The third-order valence-corrected chi connectivity index (χ3v) is 5.59. The molecule has 1 heterocycles. The summed E-state index contributed by atoms with van der Waals surface area (Å²) < 4.78 is 11.4. The number of halogens is 2. The number of hydrogen-bond donors (Lipinski definition) is 1. The molecule has 0 bridgehead atoms. The highest BCUT2D eigenvalue weighted by Crippen LogP contribution is 2.40. The summed E-state index contributed by atoms with van der Waals surface area (Å²) in [6.45, 7) is 2.75. The van der Waals surface area contributed by atoms with E-state index in [4.69, 9.17) is 21.1 Å². The van der Waals surface area contributed by atoms with E-state index in [0.717, 1.165) is 4.47 Å². The van der Waals surface area contributed by atoms with E-state index in [1.54, 1.807) is 24.3 Å². The van der Waals surface area contributed by atoms with E-state index < -0.39 is 17.7 Å². The standard InChI is InChI=1S/C22H21BrClNO5/c1-3-30-17-9-6-14(12-16(17)24)20(26)18-19(13-4-7-15(23)8-5-13)25(10-11-29-2)22(28)21(18)27/h4-9,12,19,26H,3,10-11H2,1-2H3. The van der Waals surface area contributed by atoms with Crippen LogP contribution in [0.3, 0.4) is 0 Å². The number of aliphatic hydroxyl groups excluding tert-OH is 1. The van der Waals surface area contributed by atoms with E-state index in [1.165, 1.54) is 18.1 Å². The van der Waals surface area contributed by atoms with Gasteiger partial charge in [-0.1, -0.05) is 39.7 Å². The summed E-state index contributed by atoms with van der Waals surface area (Å²) >= 11 is 9.64. The van der Waals surface area contributed by atoms with Crippen molar-refractivity contribution in [3.8, 4) is 5.75 Å². The summed E-state index contributed by atoms with van der Waals surface area (Å²) in [5, 5.41) is 11.3. The molecule has 8 heteroatoms. The number of hydrogen-bond acceptors (Lipinski definition) is 5. The number of rotatable bonds is 7. The summed E-state index contributed by atoms with van der Waals surface area (Å²) in [6.07, 6.45) is 0. The Balaban J connectivity index is 2.13. The van der Waals surface area contributed by atoms with Gasteiger partial charge in [0.05, 0.1) is 29.9 Å². The highest BCUT2D eigenvalue weighted by atomic mass is 79.9. The molecule has 1 atom stereocenters. The molecular weight excluding hydrogens is 474 g/mol. The van der Waals surface area contributed by atoms with Gasteiger partial charge in [-0.2, -0.15) is 0 Å². The number of methoxy groups -OCH3 is 1. The first-order valence-corrected chi connectivity index (χ1v) is 10.5. The maximum Gasteiger partial charge on any atom is 0.295 e. The Kier molecular flexibility index (Phi) is 7.18. The zero-order valence-electron chi connectivity index (χ0n) is 16.5. The lowest BCUT2D eigenvalue weighted by Gasteiger charge is -2.25. The van der Waals surface area contributed by atoms with Crippen LogP contribution in [0.1, 0.15) is 24.1 Å². The van der Waals surface area contributed by atoms with Crippen molar-refractivity contribution in [2.45, 2.75) is 13.0 Å². The van der Waals surface area contributed by atoms with Gasteiger partial charge in [-0.15, -0.1) is 0 Å². The van der Waals surface area contributed by atoms with Crippen LogP contribution in [0.4, 0.5) is 0 Å². The smallest absolute Gasteiger partial charge is 0.295 e. The molecule has 1 aliphatic rings. The topological polar surface area (TPSA) is 76.1 Å². The van der Waals surface area contributed by atoms with Gasteiger partial charge in [-0.3, -0.25) is 9.59 Å². The molecule has 1 saturated heterocycles. The molecule has 0 aliphatic carbocycles. The normalized spacial score (nSPS) is 18.1. The van der Waals surface area contributed by atoms with Gasteiger partial charge < -0.3 is 19.5 Å². The molecule has 0 aromatic heterocycles. The monoisotopic (exact) mass is 493 g/mol. The van der Waals surface area contributed by atoms with Crippen molar-refractivity contribution in [1.29, 1.82) is 0 Å². The lowest BCUT2D eigenvalue weighted by Crippen LogP contribution is -2.32. The first-order chi connectivity index (χ1) is 14.4. The largest absolute Gasteiger partial charge is 0.507 e. The molecule has 30 heavy (non-hydrogen) atoms. The number of ketones is 1. The Morgan fingerprint density at radius 3 is 2.50 bits per heavy atom. The van der Waals surface area contributed by atoms with E-state index >= 15 is 0 Å². The van der Waals surface area contributed by atoms with Gasteiger partial charge in [0.15, 0.2) is 0 Å². The van der Waals surface area contributed by atoms with Crippen molar-refractivity contribution < 1.29 is 24.2 Å². The molecule has 158 valence electrons. The van der Waals surface area contributed by atoms with E-state index in [2.05, 4.69) is 15.9 Å². The molecule has 0 radical (unpaired) electrons. The van der Waals surface area contributed by atoms with Gasteiger partial charge in [0.2, 0.25) is 0 Å². The average molecular weight is 495 g/mol. The fourth-order valence-electron chi connectivity index (χ4n) is 3.37. The number of amides is 1. The summed E-state index contributed by atoms with van der Waals surface area (Å²) in [5.74, 6) is -1.24. The molecule has 0 saturated carbocycles. The maximum atomic E-state index is 12.9. The van der Waals surface area contributed by atoms with E-state index in [1.807, 2.05) is 19.1 Å². The Bertz CT molecular complexity index is 990. The van der Waals surface area contributed by atoms with Crippen molar-refractivity contribution in [3.63, 3.8) is 0 Å². The van der Waals surface area contributed by atoms with Crippen LogP contribution in [-0.4, -0.2) is 48.6 Å². The second-order valence-corrected chi connectivity index (χ2v) is 7.94. The molecule has 0 spiro atoms. The third-order valence-electron chi connectivity index (χ3n) is 4.77. The molecule has 1 N–H and O–H groups in total. The Morgan fingerprint density at radius 1 is 1.20 bits per heavy atom. The Labute approximate surface area is 188 Å². The number of carbonyl (C=O) groups is 2. The average Bonchev–Trinajstić information content (AvgIpc) is 2.98. The highest BCUT2D eigenvalue weighted by molar-refractivity contribution is 9.10. The molecule has 3 rings (SSSR count). The van der Waals surface area contributed by atoms with Crippen LogP contribution >= 0.6 is 27.5 Å². The van der Waals surface area contributed by atoms with Crippen LogP contribution in [0, 0.1) is 0 Å². The van der Waals surface area contributed by atoms with E-state index in [-0.39, 0.29) is 24.5 Å². The summed E-state index contributed by atoms with van der Waals surface area (Å²) in [5.41, 5.74) is 1.04. The van der Waals surface area contributed by atoms with Crippen LogP contribution < -0.4 is 4.74 Å². The lowest BCUT2D eigenvalue weighted by molar-refractivity contribution is -0.140. The Hall–Kier alpha value is -2.35. The first-order valence-electron chi connectivity index (χ1n) is 9.34. The Morgan fingerprint density at radius 2 is 1.90 bits per heavy atom. The highest BCUT2D eigenvalue weighted by Gasteiger charge is 2.45. The van der Waals surface area contributed by atoms with Crippen molar-refractivity contribution in [1.82, 2.24) is 4.90 Å². The second-order valence-electron chi connectivity index (χ2n) is 6.62. The minimum absolute atomic E-state index is 0.0126. The van der Waals surface area contributed by atoms with Crippen molar-refractivity contribution in [3.05, 3.63) is 68.7 Å². The van der Waals surface area contributed by atoms with Crippen molar-refractivity contribution >= 4 is 45.0 Å². The second kappa shape index (κ2) is 9.64. The lowest BCUT2D eigenvalue weighted by atomic mass is 9.95. The van der Waals surface area contributed by atoms with Gasteiger partial charge in [0.25, 0.3) is 11.7 Å². The number of likely N-dealkylation sites (tertiary alicyclic amines) is 1. The minimum Gasteiger partial charge on any atom is -0.507 e. The van der Waals surface area contributed by atoms with Gasteiger partial charge in [0, 0.05) is 23.7 Å². The van der Waals surface area contributed by atoms with Crippen LogP contribution in [0.2, 0.25) is 5.02 Å². The fourth-order valence-corrected chi connectivity index (χ4v) is 3.87. The minimum atomic E-state index is -0.749. The maximum absolute atomic E-state index is 12.9.